The molecule has 0 spiro atoms. The molecule has 3 aromatic carbocycles. The Morgan fingerprint density at radius 2 is 1.39 bits per heavy atom. The highest BCUT2D eigenvalue weighted by atomic mass is 16.5. The molecule has 3 aromatic rings. The third kappa shape index (κ3) is 6.27. The molecule has 160 valence electrons. The van der Waals surface area contributed by atoms with Gasteiger partial charge in [0, 0.05) is 13.1 Å². The zero-order chi connectivity index (χ0) is 21.3. The number of benzene rings is 3. The maximum absolute atomic E-state index is 12.8. The van der Waals surface area contributed by atoms with Crippen LogP contribution in [0.1, 0.15) is 35.1 Å². The van der Waals surface area contributed by atoms with Gasteiger partial charge in [-0.3, -0.25) is 9.69 Å². The lowest BCUT2D eigenvalue weighted by Gasteiger charge is -2.23. The molecule has 0 saturated carbocycles. The van der Waals surface area contributed by atoms with Crippen LogP contribution < -0.4 is 5.32 Å². The van der Waals surface area contributed by atoms with Gasteiger partial charge < -0.3 is 10.1 Å². The quantitative estimate of drug-likeness (QED) is 0.553. The molecule has 4 heteroatoms. The number of carbonyl (C=O) groups is 1. The molecule has 0 bridgehead atoms. The van der Waals surface area contributed by atoms with Gasteiger partial charge in [0.15, 0.2) is 0 Å². The molecular weight excluding hydrogens is 384 g/mol. The zero-order valence-corrected chi connectivity index (χ0v) is 17.9. The second-order valence-corrected chi connectivity index (χ2v) is 8.13. The molecule has 1 heterocycles. The van der Waals surface area contributed by atoms with Gasteiger partial charge >= 0.3 is 0 Å². The van der Waals surface area contributed by atoms with Crippen LogP contribution in [0.3, 0.4) is 0 Å². The number of ether oxygens (including phenoxy) is 1. The van der Waals surface area contributed by atoms with E-state index in [1.165, 1.54) is 11.1 Å². The number of likely N-dealkylation sites (tertiary alicyclic amines) is 1. The summed E-state index contributed by atoms with van der Waals surface area (Å²) >= 11 is 0. The first-order valence-corrected chi connectivity index (χ1v) is 11.0. The van der Waals surface area contributed by atoms with Gasteiger partial charge in [0.05, 0.1) is 19.3 Å². The zero-order valence-electron chi connectivity index (χ0n) is 17.9. The van der Waals surface area contributed by atoms with Crippen LogP contribution in [0.4, 0.5) is 0 Å². The topological polar surface area (TPSA) is 41.6 Å². The fourth-order valence-electron chi connectivity index (χ4n) is 4.05. The molecule has 1 saturated heterocycles. The SMILES string of the molecule is O=C(NCc1ccc(COCc2ccccc2)cc1)C1CCCN1Cc1ccccc1. The van der Waals surface area contributed by atoms with Crippen LogP contribution >= 0.6 is 0 Å². The second-order valence-electron chi connectivity index (χ2n) is 8.13. The molecule has 1 aliphatic heterocycles. The minimum atomic E-state index is -0.0362. The molecule has 4 nitrogen and oxygen atoms in total. The summed E-state index contributed by atoms with van der Waals surface area (Å²) in [6.07, 6.45) is 2.00. The van der Waals surface area contributed by atoms with E-state index in [2.05, 4.69) is 70.9 Å². The number of amides is 1. The standard InChI is InChI=1S/C27H30N2O2/c30-27(26-12-7-17-29(26)19-23-8-3-1-4-9-23)28-18-22-13-15-25(16-14-22)21-31-20-24-10-5-2-6-11-24/h1-6,8-11,13-16,26H,7,12,17-21H2,(H,28,30). The maximum atomic E-state index is 12.8. The van der Waals surface area contributed by atoms with E-state index in [1.807, 2.05) is 24.3 Å². The van der Waals surface area contributed by atoms with Gasteiger partial charge in [0.1, 0.15) is 0 Å². The summed E-state index contributed by atoms with van der Waals surface area (Å²) in [5.41, 5.74) is 4.67. The van der Waals surface area contributed by atoms with Gasteiger partial charge in [0.2, 0.25) is 5.91 Å². The maximum Gasteiger partial charge on any atom is 0.237 e. The average Bonchev–Trinajstić information content (AvgIpc) is 3.28. The number of hydrogen-bond donors (Lipinski definition) is 1. The molecule has 4 rings (SSSR count). The molecule has 1 N–H and O–H groups in total. The molecule has 0 radical (unpaired) electrons. The van der Waals surface area contributed by atoms with E-state index in [4.69, 9.17) is 4.74 Å². The number of hydrogen-bond acceptors (Lipinski definition) is 3. The van der Waals surface area contributed by atoms with Crippen molar-refractivity contribution in [1.29, 1.82) is 0 Å². The number of nitrogens with one attached hydrogen (secondary N) is 1. The minimum absolute atomic E-state index is 0.0362. The van der Waals surface area contributed by atoms with Crippen LogP contribution in [-0.2, 0) is 35.8 Å². The fraction of sp³-hybridized carbons (Fsp3) is 0.296. The summed E-state index contributed by atoms with van der Waals surface area (Å²) in [5, 5.41) is 3.13. The highest BCUT2D eigenvalue weighted by molar-refractivity contribution is 5.82. The highest BCUT2D eigenvalue weighted by Crippen LogP contribution is 2.20. The summed E-state index contributed by atoms with van der Waals surface area (Å²) in [5.74, 6) is 0.128. The van der Waals surface area contributed by atoms with Crippen LogP contribution in [0, 0.1) is 0 Å². The molecule has 0 aliphatic carbocycles. The molecule has 1 fully saturated rings. The first-order valence-electron chi connectivity index (χ1n) is 11.0. The molecule has 0 aromatic heterocycles. The van der Waals surface area contributed by atoms with Gasteiger partial charge in [-0.1, -0.05) is 84.9 Å². The van der Waals surface area contributed by atoms with Crippen molar-refractivity contribution in [1.82, 2.24) is 10.2 Å². The van der Waals surface area contributed by atoms with Gasteiger partial charge in [-0.2, -0.15) is 0 Å². The van der Waals surface area contributed by atoms with Gasteiger partial charge in [-0.25, -0.2) is 0 Å². The van der Waals surface area contributed by atoms with E-state index in [0.29, 0.717) is 19.8 Å². The summed E-state index contributed by atoms with van der Waals surface area (Å²) in [7, 11) is 0. The van der Waals surface area contributed by atoms with Crippen molar-refractivity contribution in [2.75, 3.05) is 6.54 Å². The van der Waals surface area contributed by atoms with E-state index >= 15 is 0 Å². The van der Waals surface area contributed by atoms with E-state index < -0.39 is 0 Å². The Hall–Kier alpha value is -2.95. The van der Waals surface area contributed by atoms with Gasteiger partial charge in [-0.15, -0.1) is 0 Å². The van der Waals surface area contributed by atoms with Crippen molar-refractivity contribution in [3.63, 3.8) is 0 Å². The van der Waals surface area contributed by atoms with E-state index in [1.54, 1.807) is 0 Å². The van der Waals surface area contributed by atoms with Crippen LogP contribution in [0.2, 0.25) is 0 Å². The smallest absolute Gasteiger partial charge is 0.237 e. The van der Waals surface area contributed by atoms with Crippen molar-refractivity contribution >= 4 is 5.91 Å². The van der Waals surface area contributed by atoms with E-state index in [0.717, 1.165) is 37.1 Å². The number of carbonyl (C=O) groups excluding carboxylic acids is 1. The largest absolute Gasteiger partial charge is 0.372 e. The third-order valence-electron chi connectivity index (χ3n) is 5.76. The van der Waals surface area contributed by atoms with Gasteiger partial charge in [0.25, 0.3) is 0 Å². The Morgan fingerprint density at radius 3 is 2.06 bits per heavy atom. The lowest BCUT2D eigenvalue weighted by molar-refractivity contribution is -0.125. The lowest BCUT2D eigenvalue weighted by Crippen LogP contribution is -2.42. The Kier molecular flexibility index (Phi) is 7.48. The monoisotopic (exact) mass is 414 g/mol. The number of nitrogens with zero attached hydrogens (tertiary/aromatic N) is 1. The Bertz CT molecular complexity index is 942. The van der Waals surface area contributed by atoms with Crippen LogP contribution in [0.25, 0.3) is 0 Å². The lowest BCUT2D eigenvalue weighted by atomic mass is 10.1. The van der Waals surface area contributed by atoms with Crippen LogP contribution in [0.5, 0.6) is 0 Å². The van der Waals surface area contributed by atoms with E-state index in [-0.39, 0.29) is 11.9 Å². The van der Waals surface area contributed by atoms with Crippen molar-refractivity contribution < 1.29 is 9.53 Å². The third-order valence-corrected chi connectivity index (χ3v) is 5.76. The predicted molar refractivity (Wildman–Crippen MR) is 123 cm³/mol. The average molecular weight is 415 g/mol. The van der Waals surface area contributed by atoms with Gasteiger partial charge in [-0.05, 0) is 41.6 Å². The fourth-order valence-corrected chi connectivity index (χ4v) is 4.05. The van der Waals surface area contributed by atoms with Crippen LogP contribution in [-0.4, -0.2) is 23.4 Å². The van der Waals surface area contributed by atoms with E-state index in [9.17, 15) is 4.79 Å². The van der Waals surface area contributed by atoms with Crippen molar-refractivity contribution in [3.8, 4) is 0 Å². The Morgan fingerprint density at radius 1 is 0.806 bits per heavy atom. The van der Waals surface area contributed by atoms with Crippen LogP contribution in [0.15, 0.2) is 84.9 Å². The molecule has 31 heavy (non-hydrogen) atoms. The Labute approximate surface area is 184 Å². The molecule has 1 atom stereocenters. The van der Waals surface area contributed by atoms with Crippen molar-refractivity contribution in [2.24, 2.45) is 0 Å². The minimum Gasteiger partial charge on any atom is -0.372 e. The molecule has 1 amide bonds. The predicted octanol–water partition coefficient (Wildman–Crippen LogP) is 4.68. The summed E-state index contributed by atoms with van der Waals surface area (Å²) in [6, 6.07) is 28.8. The van der Waals surface area contributed by atoms with Crippen molar-refractivity contribution in [3.05, 3.63) is 107 Å². The first-order chi connectivity index (χ1) is 15.3. The summed E-state index contributed by atoms with van der Waals surface area (Å²) in [4.78, 5) is 15.1. The highest BCUT2D eigenvalue weighted by Gasteiger charge is 2.30. The summed E-state index contributed by atoms with van der Waals surface area (Å²) in [6.45, 7) is 3.55. The Balaban J connectivity index is 1.22. The molecule has 1 aliphatic rings. The molecular formula is C27H30N2O2. The second kappa shape index (κ2) is 10.9. The normalized spacial score (nSPS) is 16.3. The van der Waals surface area contributed by atoms with Crippen molar-refractivity contribution in [2.45, 2.75) is 45.2 Å². The summed E-state index contributed by atoms with van der Waals surface area (Å²) < 4.78 is 5.80. The first kappa shape index (κ1) is 21.3. The molecule has 1 unspecified atom stereocenters. The number of rotatable bonds is 9.